The fourth-order valence-electron chi connectivity index (χ4n) is 9.15. The average molecular weight is 990 g/mol. The molecule has 11 nitrogen and oxygen atoms in total. The molecule has 0 spiro atoms. The van der Waals surface area contributed by atoms with Gasteiger partial charge in [-0.2, -0.15) is 0 Å². The number of aliphatic carboxylic acids is 1. The van der Waals surface area contributed by atoms with Gasteiger partial charge in [-0.3, -0.25) is 19.4 Å². The molecule has 1 saturated heterocycles. The Labute approximate surface area is 424 Å². The molecule has 1 aliphatic rings. The zero-order valence-corrected chi connectivity index (χ0v) is 41.3. The van der Waals surface area contributed by atoms with Crippen LogP contribution < -0.4 is 5.32 Å². The number of nitrogens with one attached hydrogen (secondary N) is 1. The highest BCUT2D eigenvalue weighted by molar-refractivity contribution is 6.12. The lowest BCUT2D eigenvalue weighted by molar-refractivity contribution is -0.156. The van der Waals surface area contributed by atoms with Crippen molar-refractivity contribution in [3.05, 3.63) is 186 Å². The molecule has 0 radical (unpaired) electrons. The summed E-state index contributed by atoms with van der Waals surface area (Å²) in [7, 11) is 0. The van der Waals surface area contributed by atoms with E-state index in [-0.39, 0.29) is 55.2 Å². The number of aromatic nitrogens is 2. The number of hydrogen-bond acceptors (Lipinski definition) is 8. The Kier molecular flexibility index (Phi) is 18.0. The first-order valence-electron chi connectivity index (χ1n) is 24.5. The molecule has 0 unspecified atom stereocenters. The minimum atomic E-state index is -1.18. The maximum Gasteiger partial charge on any atom is 0.309 e. The van der Waals surface area contributed by atoms with Crippen molar-refractivity contribution in [2.45, 2.75) is 103 Å². The van der Waals surface area contributed by atoms with Crippen LogP contribution in [0.2, 0.25) is 0 Å². The van der Waals surface area contributed by atoms with Gasteiger partial charge in [-0.15, -0.1) is 0 Å². The van der Waals surface area contributed by atoms with E-state index in [0.717, 1.165) is 44.9 Å². The van der Waals surface area contributed by atoms with Crippen molar-refractivity contribution < 1.29 is 48.3 Å². The van der Waals surface area contributed by atoms with E-state index in [1.54, 1.807) is 30.3 Å². The molecule has 1 amide bonds. The normalized spacial score (nSPS) is 15.4. The monoisotopic (exact) mass is 989 g/mol. The molecule has 4 atom stereocenters. The molecule has 1 aliphatic heterocycles. The van der Waals surface area contributed by atoms with Gasteiger partial charge in [-0.1, -0.05) is 125 Å². The average Bonchev–Trinajstić information content (AvgIpc) is 3.71. The third kappa shape index (κ3) is 13.9. The van der Waals surface area contributed by atoms with E-state index >= 15 is 0 Å². The van der Waals surface area contributed by atoms with E-state index in [1.807, 2.05) is 122 Å². The number of carboxylic acid groups (broad SMARTS) is 1. The number of esters is 1. The lowest BCUT2D eigenvalue weighted by Gasteiger charge is -2.24. The van der Waals surface area contributed by atoms with E-state index in [4.69, 9.17) is 14.8 Å². The van der Waals surface area contributed by atoms with Gasteiger partial charge in [0.05, 0.1) is 53.8 Å². The van der Waals surface area contributed by atoms with Crippen LogP contribution in [-0.4, -0.2) is 72.2 Å². The predicted octanol–water partition coefficient (Wildman–Crippen LogP) is 12.1. The molecule has 8 rings (SSSR count). The first-order chi connectivity index (χ1) is 35.1. The molecule has 1 fully saturated rings. The Morgan fingerprint density at radius 1 is 0.767 bits per heavy atom. The van der Waals surface area contributed by atoms with Crippen LogP contribution in [0.15, 0.2) is 152 Å². The fourth-order valence-corrected chi connectivity index (χ4v) is 9.15. The molecule has 13 heteroatoms. The van der Waals surface area contributed by atoms with Gasteiger partial charge in [-0.05, 0) is 108 Å². The molecule has 5 aromatic carbocycles. The Bertz CT molecular complexity index is 3000. The van der Waals surface area contributed by atoms with E-state index in [9.17, 15) is 38.5 Å². The number of carboxylic acids is 1. The van der Waals surface area contributed by atoms with Crippen LogP contribution in [0, 0.1) is 11.6 Å². The number of aliphatic hydroxyl groups is 3. The van der Waals surface area contributed by atoms with Crippen molar-refractivity contribution in [1.82, 2.24) is 9.55 Å². The zero-order valence-electron chi connectivity index (χ0n) is 41.3. The number of carbonyl (C=O) groups is 3. The zero-order chi connectivity index (χ0) is 52.2. The van der Waals surface area contributed by atoms with Crippen molar-refractivity contribution in [3.63, 3.8) is 0 Å². The van der Waals surface area contributed by atoms with Gasteiger partial charge < -0.3 is 35.0 Å². The molecule has 7 aromatic rings. The number of ether oxygens (including phenoxy) is 1. The summed E-state index contributed by atoms with van der Waals surface area (Å²) in [6, 6.07) is 43.1. The standard InChI is InChI=1S/C33H35FN2O5.C27H26FNO3/c1-21(2)31-30(33(41)35-25-11-7-4-8-12-25)29(22-9-5-3-6-10-22)32(23-13-15-24(34)16-14-23)36(31)18-17-26(37)19-27(38)20-28(39)40;1-17(2)27-23(13-12-22-14-21(30)15-26(31)32-22)24(18-8-10-20(28)11-9-18)16-25(29-27)19-6-4-3-5-7-19/h3-16,21,26-27,37-38H,17-20H2,1-2H3,(H,35,41)(H,39,40);3-13,16-17,21-22,30H,14-15H2,1-2H3/b;13-12+/t26-,27-;21-,22-/m11/s1. The van der Waals surface area contributed by atoms with E-state index in [0.29, 0.717) is 34.5 Å². The first-order valence-corrected chi connectivity index (χ1v) is 24.5. The van der Waals surface area contributed by atoms with Crippen LogP contribution in [0.1, 0.15) is 98.9 Å². The minimum Gasteiger partial charge on any atom is -0.481 e. The van der Waals surface area contributed by atoms with Gasteiger partial charge in [0.25, 0.3) is 5.91 Å². The summed E-state index contributed by atoms with van der Waals surface area (Å²) in [5.41, 5.74) is 10.2. The largest absolute Gasteiger partial charge is 0.481 e. The van der Waals surface area contributed by atoms with Gasteiger partial charge in [0.15, 0.2) is 0 Å². The molecule has 2 aromatic heterocycles. The predicted molar refractivity (Wildman–Crippen MR) is 281 cm³/mol. The van der Waals surface area contributed by atoms with E-state index < -0.39 is 42.8 Å². The first kappa shape index (κ1) is 53.2. The Balaban J connectivity index is 0.000000220. The summed E-state index contributed by atoms with van der Waals surface area (Å²) in [6.07, 6.45) is 0.388. The van der Waals surface area contributed by atoms with Crippen LogP contribution >= 0.6 is 0 Å². The van der Waals surface area contributed by atoms with E-state index in [2.05, 4.69) is 19.2 Å². The molecular weight excluding hydrogens is 929 g/mol. The highest BCUT2D eigenvalue weighted by atomic mass is 19.1. The highest BCUT2D eigenvalue weighted by Gasteiger charge is 2.31. The second-order valence-electron chi connectivity index (χ2n) is 18.8. The van der Waals surface area contributed by atoms with Crippen LogP contribution in [-0.2, 0) is 20.9 Å². The van der Waals surface area contributed by atoms with Crippen molar-refractivity contribution in [2.75, 3.05) is 5.32 Å². The topological polar surface area (TPSA) is 171 Å². The summed E-state index contributed by atoms with van der Waals surface area (Å²) in [6.45, 7) is 8.41. The summed E-state index contributed by atoms with van der Waals surface area (Å²) < 4.78 is 35.0. The Hall–Kier alpha value is -7.58. The molecule has 3 heterocycles. The number of para-hydroxylation sites is 1. The molecule has 5 N–H and O–H groups in total. The number of hydrogen-bond donors (Lipinski definition) is 5. The number of aliphatic hydroxyl groups excluding tert-OH is 3. The third-order valence-corrected chi connectivity index (χ3v) is 12.5. The van der Waals surface area contributed by atoms with Gasteiger partial charge in [0.2, 0.25) is 0 Å². The third-order valence-electron chi connectivity index (χ3n) is 12.5. The molecule has 0 saturated carbocycles. The second-order valence-corrected chi connectivity index (χ2v) is 18.8. The molecule has 0 bridgehead atoms. The number of amides is 1. The Morgan fingerprint density at radius 3 is 1.90 bits per heavy atom. The number of carbonyl (C=O) groups excluding carboxylic acids is 2. The highest BCUT2D eigenvalue weighted by Crippen LogP contribution is 2.43. The fraction of sp³-hybridized carbons (Fsp3) is 0.267. The summed E-state index contributed by atoms with van der Waals surface area (Å²) >= 11 is 0. The molecule has 73 heavy (non-hydrogen) atoms. The van der Waals surface area contributed by atoms with Gasteiger partial charge in [0.1, 0.15) is 17.7 Å². The quantitative estimate of drug-likeness (QED) is 0.0557. The van der Waals surface area contributed by atoms with Gasteiger partial charge in [0, 0.05) is 41.0 Å². The maximum atomic E-state index is 14.0. The smallest absolute Gasteiger partial charge is 0.309 e. The van der Waals surface area contributed by atoms with Crippen LogP contribution in [0.4, 0.5) is 14.5 Å². The SMILES string of the molecule is CC(C)c1c(C(=O)Nc2ccccc2)c(-c2ccccc2)c(-c2ccc(F)cc2)n1CC[C@@H](O)C[C@@H](O)CC(=O)O.CC(C)c1nc(-c2ccccc2)cc(-c2ccc(F)cc2)c1/C=C/[C@@H]1C[C@@H](O)CC(=O)O1. The van der Waals surface area contributed by atoms with Crippen LogP contribution in [0.5, 0.6) is 0 Å². The van der Waals surface area contributed by atoms with Crippen molar-refractivity contribution >= 4 is 29.6 Å². The molecular formula is C60H61F2N3O8. The number of pyridine rings is 1. The van der Waals surface area contributed by atoms with Crippen molar-refractivity contribution in [3.8, 4) is 44.8 Å². The number of cyclic esters (lactones) is 1. The summed E-state index contributed by atoms with van der Waals surface area (Å²) in [4.78, 5) is 41.7. The molecule has 0 aliphatic carbocycles. The van der Waals surface area contributed by atoms with Crippen LogP contribution in [0.3, 0.4) is 0 Å². The van der Waals surface area contributed by atoms with Crippen molar-refractivity contribution in [2.24, 2.45) is 0 Å². The molecule has 378 valence electrons. The number of nitrogens with zero attached hydrogens (tertiary/aromatic N) is 2. The maximum absolute atomic E-state index is 14.0. The second kappa shape index (κ2) is 24.7. The number of anilines is 1. The number of benzene rings is 5. The minimum absolute atomic E-state index is 0.0236. The number of rotatable bonds is 17. The van der Waals surface area contributed by atoms with Gasteiger partial charge >= 0.3 is 11.9 Å². The summed E-state index contributed by atoms with van der Waals surface area (Å²) in [5, 5.41) is 42.7. The Morgan fingerprint density at radius 2 is 1.34 bits per heavy atom. The lowest BCUT2D eigenvalue weighted by atomic mass is 9.91. The van der Waals surface area contributed by atoms with Crippen molar-refractivity contribution in [1.29, 1.82) is 0 Å². The number of halogens is 2. The summed E-state index contributed by atoms with van der Waals surface area (Å²) in [5.74, 6) is -2.51. The van der Waals surface area contributed by atoms with Gasteiger partial charge in [-0.25, -0.2) is 8.78 Å². The van der Waals surface area contributed by atoms with E-state index in [1.165, 1.54) is 24.3 Å². The van der Waals surface area contributed by atoms with Crippen LogP contribution in [0.25, 0.3) is 50.8 Å². The lowest BCUT2D eigenvalue weighted by Crippen LogP contribution is -2.31.